The Kier molecular flexibility index (Phi) is 9.51. The van der Waals surface area contributed by atoms with Crippen molar-refractivity contribution in [3.63, 3.8) is 0 Å². The van der Waals surface area contributed by atoms with Crippen LogP contribution in [-0.4, -0.2) is 40.7 Å². The van der Waals surface area contributed by atoms with Crippen molar-refractivity contribution in [2.75, 3.05) is 25.3 Å². The van der Waals surface area contributed by atoms with Crippen LogP contribution in [0.5, 0.6) is 11.5 Å². The number of unbranched alkanes of at least 4 members (excludes halogenated alkanes) is 1. The molecule has 1 unspecified atom stereocenters. The summed E-state index contributed by atoms with van der Waals surface area (Å²) in [4.78, 5) is 17.6. The van der Waals surface area contributed by atoms with E-state index >= 15 is 0 Å². The minimum Gasteiger partial charge on any atom is -0.493 e. The maximum absolute atomic E-state index is 12.9. The van der Waals surface area contributed by atoms with Gasteiger partial charge >= 0.3 is 5.97 Å². The molecular formula is C26H27BrCl2N4O4S. The highest BCUT2D eigenvalue weighted by Crippen LogP contribution is 2.43. The molecule has 0 radical (unpaired) electrons. The molecule has 0 aliphatic carbocycles. The third kappa shape index (κ3) is 6.09. The van der Waals surface area contributed by atoms with Crippen molar-refractivity contribution in [3.05, 3.63) is 67.2 Å². The van der Waals surface area contributed by atoms with Crippen molar-refractivity contribution in [1.82, 2.24) is 14.8 Å². The molecule has 1 aliphatic rings. The fraction of sp³-hybridized carbons (Fsp3) is 0.346. The van der Waals surface area contributed by atoms with Crippen LogP contribution in [0.15, 0.2) is 51.2 Å². The van der Waals surface area contributed by atoms with Crippen LogP contribution in [0.25, 0.3) is 0 Å². The summed E-state index contributed by atoms with van der Waals surface area (Å²) in [5.41, 5.74) is 2.66. The topological polar surface area (TPSA) is 87.5 Å². The molecule has 1 atom stereocenters. The van der Waals surface area contributed by atoms with Crippen LogP contribution in [-0.2, 0) is 16.1 Å². The Bertz CT molecular complexity index is 1380. The number of allylic oxidation sites excluding steroid dienone is 1. The van der Waals surface area contributed by atoms with Gasteiger partial charge in [-0.25, -0.2) is 9.48 Å². The Morgan fingerprint density at radius 1 is 1.21 bits per heavy atom. The number of hydrogen-bond acceptors (Lipinski definition) is 8. The minimum absolute atomic E-state index is 0.247. The van der Waals surface area contributed by atoms with E-state index in [0.717, 1.165) is 29.7 Å². The lowest BCUT2D eigenvalue weighted by Gasteiger charge is -2.28. The SMILES string of the molecule is CCCCSc1nc2n(n1)C(c1cc(Br)c(OCc3ccc(Cl)c(Cl)c3)c(OC)c1)C(C(=O)OC)=C(C)N2. The average molecular weight is 642 g/mol. The summed E-state index contributed by atoms with van der Waals surface area (Å²) in [5, 5.41) is 9.50. The lowest BCUT2D eigenvalue weighted by Crippen LogP contribution is -2.29. The number of nitrogens with one attached hydrogen (secondary N) is 1. The van der Waals surface area contributed by atoms with Gasteiger partial charge in [0.2, 0.25) is 11.1 Å². The van der Waals surface area contributed by atoms with E-state index in [4.69, 9.17) is 42.5 Å². The molecule has 0 fully saturated rings. The lowest BCUT2D eigenvalue weighted by atomic mass is 9.95. The number of esters is 1. The predicted octanol–water partition coefficient (Wildman–Crippen LogP) is 7.29. The fourth-order valence-electron chi connectivity index (χ4n) is 4.01. The monoisotopic (exact) mass is 640 g/mol. The smallest absolute Gasteiger partial charge is 0.338 e. The standard InChI is InChI=1S/C26H27BrCl2N4O4S/c1-5-6-9-38-26-31-25-30-14(2)21(24(34)36-4)22(33(25)32-26)16-11-17(27)23(20(12-16)35-3)37-13-15-7-8-18(28)19(29)10-15/h7-8,10-12,22H,5-6,9,13H2,1-4H3,(H,30,31,32). The van der Waals surface area contributed by atoms with Crippen molar-refractivity contribution < 1.29 is 19.0 Å². The van der Waals surface area contributed by atoms with E-state index < -0.39 is 12.0 Å². The minimum atomic E-state index is -0.596. The maximum atomic E-state index is 12.9. The number of anilines is 1. The quantitative estimate of drug-likeness (QED) is 0.140. The molecule has 2 heterocycles. The number of fused-ring (bicyclic) bond motifs is 1. The van der Waals surface area contributed by atoms with E-state index in [1.807, 2.05) is 25.1 Å². The van der Waals surface area contributed by atoms with E-state index in [2.05, 4.69) is 33.2 Å². The molecule has 12 heteroatoms. The zero-order valence-corrected chi connectivity index (χ0v) is 25.2. The molecule has 4 rings (SSSR count). The van der Waals surface area contributed by atoms with Gasteiger partial charge in [-0.05, 0) is 64.7 Å². The Balaban J connectivity index is 1.72. The normalized spacial score (nSPS) is 14.7. The van der Waals surface area contributed by atoms with Gasteiger partial charge in [-0.2, -0.15) is 4.98 Å². The second kappa shape index (κ2) is 12.6. The molecule has 38 heavy (non-hydrogen) atoms. The maximum Gasteiger partial charge on any atom is 0.338 e. The Labute approximate surface area is 244 Å². The predicted molar refractivity (Wildman–Crippen MR) is 154 cm³/mol. The zero-order valence-electron chi connectivity index (χ0n) is 21.3. The van der Waals surface area contributed by atoms with Crippen LogP contribution in [0.4, 0.5) is 5.95 Å². The first-order chi connectivity index (χ1) is 18.3. The molecule has 1 aromatic heterocycles. The largest absolute Gasteiger partial charge is 0.493 e. The van der Waals surface area contributed by atoms with Gasteiger partial charge < -0.3 is 19.5 Å². The number of hydrogen-bond donors (Lipinski definition) is 1. The number of ether oxygens (including phenoxy) is 3. The summed E-state index contributed by atoms with van der Waals surface area (Å²) in [6.07, 6.45) is 2.14. The van der Waals surface area contributed by atoms with Crippen molar-refractivity contribution in [2.24, 2.45) is 0 Å². The van der Waals surface area contributed by atoms with Gasteiger partial charge in [0.15, 0.2) is 11.5 Å². The highest BCUT2D eigenvalue weighted by molar-refractivity contribution is 9.10. The molecule has 3 aromatic rings. The fourth-order valence-corrected chi connectivity index (χ4v) is 5.81. The van der Waals surface area contributed by atoms with Crippen molar-refractivity contribution >= 4 is 62.8 Å². The molecule has 0 saturated carbocycles. The first-order valence-corrected chi connectivity index (χ1v) is 14.4. The van der Waals surface area contributed by atoms with Crippen LogP contribution in [0.2, 0.25) is 10.0 Å². The number of rotatable bonds is 10. The van der Waals surface area contributed by atoms with Crippen molar-refractivity contribution in [1.29, 1.82) is 0 Å². The highest BCUT2D eigenvalue weighted by Gasteiger charge is 2.36. The first-order valence-electron chi connectivity index (χ1n) is 11.9. The third-order valence-corrected chi connectivity index (χ3v) is 8.15. The molecule has 1 aliphatic heterocycles. The third-order valence-electron chi connectivity index (χ3n) is 5.90. The number of nitrogens with zero attached hydrogens (tertiary/aromatic N) is 3. The summed E-state index contributed by atoms with van der Waals surface area (Å²) in [6.45, 7) is 4.21. The van der Waals surface area contributed by atoms with Gasteiger partial charge in [-0.3, -0.25) is 0 Å². The summed E-state index contributed by atoms with van der Waals surface area (Å²) < 4.78 is 19.3. The lowest BCUT2D eigenvalue weighted by molar-refractivity contribution is -0.136. The number of carbonyl (C=O) groups is 1. The number of thioether (sulfide) groups is 1. The average Bonchev–Trinajstić information content (AvgIpc) is 3.30. The number of halogens is 3. The Morgan fingerprint density at radius 3 is 2.68 bits per heavy atom. The molecule has 0 saturated heterocycles. The summed E-state index contributed by atoms with van der Waals surface area (Å²) in [7, 11) is 2.92. The number of carbonyl (C=O) groups excluding carboxylic acids is 1. The highest BCUT2D eigenvalue weighted by atomic mass is 79.9. The van der Waals surface area contributed by atoms with Crippen LogP contribution in [0, 0.1) is 0 Å². The van der Waals surface area contributed by atoms with Gasteiger partial charge in [-0.1, -0.05) is 54.4 Å². The summed E-state index contributed by atoms with van der Waals surface area (Å²) >= 11 is 17.4. The molecule has 8 nitrogen and oxygen atoms in total. The Morgan fingerprint density at radius 2 is 2.00 bits per heavy atom. The van der Waals surface area contributed by atoms with Crippen molar-refractivity contribution in [3.8, 4) is 11.5 Å². The van der Waals surface area contributed by atoms with Crippen LogP contribution >= 0.6 is 50.9 Å². The zero-order chi connectivity index (χ0) is 27.4. The number of methoxy groups -OCH3 is 2. The van der Waals surface area contributed by atoms with Crippen LogP contribution in [0.3, 0.4) is 0 Å². The first kappa shape index (κ1) is 28.6. The number of aromatic nitrogens is 3. The van der Waals surface area contributed by atoms with Crippen LogP contribution < -0.4 is 14.8 Å². The van der Waals surface area contributed by atoms with Gasteiger partial charge in [0.25, 0.3) is 0 Å². The second-order valence-corrected chi connectivity index (χ2v) is 11.2. The molecule has 0 amide bonds. The van der Waals surface area contributed by atoms with Gasteiger partial charge in [0, 0.05) is 11.4 Å². The number of benzene rings is 2. The second-order valence-electron chi connectivity index (χ2n) is 8.49. The van der Waals surface area contributed by atoms with Crippen LogP contribution in [0.1, 0.15) is 43.9 Å². The molecule has 202 valence electrons. The molecule has 2 aromatic carbocycles. The van der Waals surface area contributed by atoms with E-state index in [-0.39, 0.29) is 6.61 Å². The Hall–Kier alpha value is -2.40. The van der Waals surface area contributed by atoms with Gasteiger partial charge in [-0.15, -0.1) is 5.10 Å². The molecular weight excluding hydrogens is 615 g/mol. The van der Waals surface area contributed by atoms with Gasteiger partial charge in [0.05, 0.1) is 34.3 Å². The van der Waals surface area contributed by atoms with E-state index in [0.29, 0.717) is 48.4 Å². The van der Waals surface area contributed by atoms with Gasteiger partial charge in [0.1, 0.15) is 12.6 Å². The molecule has 1 N–H and O–H groups in total. The van der Waals surface area contributed by atoms with Crippen molar-refractivity contribution in [2.45, 2.75) is 44.5 Å². The molecule has 0 bridgehead atoms. The van der Waals surface area contributed by atoms with E-state index in [1.54, 1.807) is 35.7 Å². The summed E-state index contributed by atoms with van der Waals surface area (Å²) in [5.74, 6) is 1.98. The summed E-state index contributed by atoms with van der Waals surface area (Å²) in [6, 6.07) is 8.44. The van der Waals surface area contributed by atoms with E-state index in [1.165, 1.54) is 7.11 Å². The van der Waals surface area contributed by atoms with E-state index in [9.17, 15) is 4.79 Å². The molecule has 0 spiro atoms.